The highest BCUT2D eigenvalue weighted by Crippen LogP contribution is 2.18. The fourth-order valence-electron chi connectivity index (χ4n) is 2.58. The SMILES string of the molecule is CCCCN(C)S(=O)(=O)c1ccc(NC(=O)COC(=O)[C@H]2CCCO2)cc1. The van der Waals surface area contributed by atoms with Gasteiger partial charge in [-0.15, -0.1) is 0 Å². The number of sulfonamides is 1. The zero-order valence-corrected chi connectivity index (χ0v) is 16.5. The number of ether oxygens (including phenoxy) is 2. The van der Waals surface area contributed by atoms with Crippen LogP contribution in [-0.4, -0.2) is 57.5 Å². The van der Waals surface area contributed by atoms with Gasteiger partial charge in [0.1, 0.15) is 0 Å². The van der Waals surface area contributed by atoms with Crippen LogP contribution >= 0.6 is 0 Å². The van der Waals surface area contributed by atoms with E-state index in [9.17, 15) is 18.0 Å². The molecule has 1 amide bonds. The number of unbranched alkanes of at least 4 members (excludes halogenated alkanes) is 1. The molecule has 1 fully saturated rings. The first-order chi connectivity index (χ1) is 12.8. The van der Waals surface area contributed by atoms with Crippen molar-refractivity contribution in [1.29, 1.82) is 0 Å². The Bertz CT molecular complexity index is 742. The fraction of sp³-hybridized carbons (Fsp3) is 0.556. The van der Waals surface area contributed by atoms with E-state index in [-0.39, 0.29) is 4.90 Å². The van der Waals surface area contributed by atoms with E-state index >= 15 is 0 Å². The molecule has 1 atom stereocenters. The second-order valence-electron chi connectivity index (χ2n) is 6.36. The van der Waals surface area contributed by atoms with Crippen LogP contribution in [0.3, 0.4) is 0 Å². The molecule has 1 heterocycles. The lowest BCUT2D eigenvalue weighted by Crippen LogP contribution is -2.28. The summed E-state index contributed by atoms with van der Waals surface area (Å²) in [6.45, 7) is 2.55. The van der Waals surface area contributed by atoms with Crippen molar-refractivity contribution in [2.45, 2.75) is 43.6 Å². The number of esters is 1. The Kier molecular flexibility index (Phi) is 7.76. The summed E-state index contributed by atoms with van der Waals surface area (Å²) >= 11 is 0. The van der Waals surface area contributed by atoms with Gasteiger partial charge in [-0.2, -0.15) is 0 Å². The maximum absolute atomic E-state index is 12.4. The van der Waals surface area contributed by atoms with Gasteiger partial charge in [-0.05, 0) is 43.5 Å². The fourth-order valence-corrected chi connectivity index (χ4v) is 3.79. The first-order valence-corrected chi connectivity index (χ1v) is 10.4. The van der Waals surface area contributed by atoms with Gasteiger partial charge in [-0.1, -0.05) is 13.3 Å². The van der Waals surface area contributed by atoms with Crippen molar-refractivity contribution in [3.63, 3.8) is 0 Å². The Hall–Kier alpha value is -1.97. The van der Waals surface area contributed by atoms with Gasteiger partial charge >= 0.3 is 5.97 Å². The van der Waals surface area contributed by atoms with Crippen molar-refractivity contribution < 1.29 is 27.5 Å². The van der Waals surface area contributed by atoms with Crippen molar-refractivity contribution in [3.05, 3.63) is 24.3 Å². The molecule has 1 aliphatic rings. The summed E-state index contributed by atoms with van der Waals surface area (Å²) in [6.07, 6.45) is 2.50. The van der Waals surface area contributed by atoms with Crippen LogP contribution in [-0.2, 0) is 29.1 Å². The molecule has 0 unspecified atom stereocenters. The second-order valence-corrected chi connectivity index (χ2v) is 8.41. The number of hydrogen-bond donors (Lipinski definition) is 1. The smallest absolute Gasteiger partial charge is 0.335 e. The normalized spacial score (nSPS) is 17.1. The van der Waals surface area contributed by atoms with E-state index < -0.39 is 34.6 Å². The maximum atomic E-state index is 12.4. The van der Waals surface area contributed by atoms with Crippen LogP contribution in [0.15, 0.2) is 29.2 Å². The Morgan fingerprint density at radius 3 is 2.59 bits per heavy atom. The van der Waals surface area contributed by atoms with Gasteiger partial charge in [-0.3, -0.25) is 4.79 Å². The van der Waals surface area contributed by atoms with Crippen LogP contribution in [0.4, 0.5) is 5.69 Å². The number of anilines is 1. The van der Waals surface area contributed by atoms with Gasteiger partial charge in [0.25, 0.3) is 5.91 Å². The summed E-state index contributed by atoms with van der Waals surface area (Å²) < 4.78 is 36.3. The average Bonchev–Trinajstić information content (AvgIpc) is 3.19. The summed E-state index contributed by atoms with van der Waals surface area (Å²) in [5, 5.41) is 2.56. The number of nitrogens with zero attached hydrogens (tertiary/aromatic N) is 1. The Morgan fingerprint density at radius 2 is 2.00 bits per heavy atom. The number of hydrogen-bond acceptors (Lipinski definition) is 6. The standard InChI is InChI=1S/C18H26N2O6S/c1-3-4-11-20(2)27(23,24)15-9-7-14(8-10-15)19-17(21)13-26-18(22)16-6-5-12-25-16/h7-10,16H,3-6,11-13H2,1-2H3,(H,19,21)/t16-/m1/s1. The van der Waals surface area contributed by atoms with Crippen LogP contribution in [0.2, 0.25) is 0 Å². The highest BCUT2D eigenvalue weighted by Gasteiger charge is 2.25. The lowest BCUT2D eigenvalue weighted by molar-refractivity contribution is -0.156. The zero-order valence-electron chi connectivity index (χ0n) is 15.6. The van der Waals surface area contributed by atoms with Crippen molar-refractivity contribution >= 4 is 27.6 Å². The number of carbonyl (C=O) groups excluding carboxylic acids is 2. The van der Waals surface area contributed by atoms with E-state index in [0.717, 1.165) is 19.3 Å². The number of carbonyl (C=O) groups is 2. The Balaban J connectivity index is 1.87. The summed E-state index contributed by atoms with van der Waals surface area (Å²) in [4.78, 5) is 23.7. The molecule has 0 aliphatic carbocycles. The molecule has 1 aliphatic heterocycles. The molecule has 0 spiro atoms. The van der Waals surface area contributed by atoms with Crippen molar-refractivity contribution in [2.24, 2.45) is 0 Å². The first kappa shape index (κ1) is 21.3. The average molecular weight is 398 g/mol. The van der Waals surface area contributed by atoms with Crippen LogP contribution < -0.4 is 5.32 Å². The third-order valence-corrected chi connectivity index (χ3v) is 6.08. The number of amides is 1. The summed E-state index contributed by atoms with van der Waals surface area (Å²) in [7, 11) is -2.01. The molecule has 0 saturated carbocycles. The third-order valence-electron chi connectivity index (χ3n) is 4.21. The summed E-state index contributed by atoms with van der Waals surface area (Å²) in [5.41, 5.74) is 0.420. The van der Waals surface area contributed by atoms with Gasteiger partial charge in [0.15, 0.2) is 12.7 Å². The van der Waals surface area contributed by atoms with Crippen LogP contribution in [0.5, 0.6) is 0 Å². The largest absolute Gasteiger partial charge is 0.454 e. The van der Waals surface area contributed by atoms with Crippen LogP contribution in [0, 0.1) is 0 Å². The molecule has 1 aromatic carbocycles. The first-order valence-electron chi connectivity index (χ1n) is 8.99. The molecule has 150 valence electrons. The maximum Gasteiger partial charge on any atom is 0.335 e. The minimum Gasteiger partial charge on any atom is -0.454 e. The minimum absolute atomic E-state index is 0.156. The van der Waals surface area contributed by atoms with Crippen LogP contribution in [0.25, 0.3) is 0 Å². The van der Waals surface area contributed by atoms with Gasteiger partial charge in [-0.25, -0.2) is 17.5 Å². The molecule has 8 nitrogen and oxygen atoms in total. The third kappa shape index (κ3) is 6.02. The van der Waals surface area contributed by atoms with Crippen molar-refractivity contribution in [2.75, 3.05) is 32.1 Å². The van der Waals surface area contributed by atoms with E-state index in [4.69, 9.17) is 9.47 Å². The highest BCUT2D eigenvalue weighted by atomic mass is 32.2. The van der Waals surface area contributed by atoms with Crippen molar-refractivity contribution in [1.82, 2.24) is 4.31 Å². The highest BCUT2D eigenvalue weighted by molar-refractivity contribution is 7.89. The Labute approximate surface area is 159 Å². The minimum atomic E-state index is -3.55. The molecule has 2 rings (SSSR count). The van der Waals surface area contributed by atoms with Gasteiger partial charge in [0.2, 0.25) is 10.0 Å². The topological polar surface area (TPSA) is 102 Å². The molecule has 27 heavy (non-hydrogen) atoms. The summed E-state index contributed by atoms with van der Waals surface area (Å²) in [5.74, 6) is -1.05. The number of benzene rings is 1. The lowest BCUT2D eigenvalue weighted by Gasteiger charge is -2.17. The number of nitrogens with one attached hydrogen (secondary N) is 1. The Morgan fingerprint density at radius 1 is 1.30 bits per heavy atom. The van der Waals surface area contributed by atoms with E-state index in [1.165, 1.54) is 28.6 Å². The van der Waals surface area contributed by atoms with E-state index in [2.05, 4.69) is 5.32 Å². The molecule has 0 radical (unpaired) electrons. The molecule has 1 saturated heterocycles. The molecule has 0 aromatic heterocycles. The molecule has 1 N–H and O–H groups in total. The molecule has 0 bridgehead atoms. The summed E-state index contributed by atoms with van der Waals surface area (Å²) in [6, 6.07) is 5.87. The predicted molar refractivity (Wildman–Crippen MR) is 99.7 cm³/mol. The molecular weight excluding hydrogens is 372 g/mol. The van der Waals surface area contributed by atoms with Gasteiger partial charge in [0.05, 0.1) is 4.90 Å². The van der Waals surface area contributed by atoms with Gasteiger partial charge < -0.3 is 14.8 Å². The second kappa shape index (κ2) is 9.82. The van der Waals surface area contributed by atoms with E-state index in [1.807, 2.05) is 6.92 Å². The van der Waals surface area contributed by atoms with E-state index in [1.54, 1.807) is 7.05 Å². The van der Waals surface area contributed by atoms with E-state index in [0.29, 0.717) is 25.3 Å². The molecule has 9 heteroatoms. The monoisotopic (exact) mass is 398 g/mol. The number of rotatable bonds is 9. The zero-order chi connectivity index (χ0) is 19.9. The molecule has 1 aromatic rings. The quantitative estimate of drug-likeness (QED) is 0.636. The molecular formula is C18H26N2O6S. The lowest BCUT2D eigenvalue weighted by atomic mass is 10.2. The van der Waals surface area contributed by atoms with Crippen molar-refractivity contribution in [3.8, 4) is 0 Å². The predicted octanol–water partition coefficient (Wildman–Crippen LogP) is 1.77. The van der Waals surface area contributed by atoms with Gasteiger partial charge in [0, 0.05) is 25.9 Å². The van der Waals surface area contributed by atoms with Crippen LogP contribution in [0.1, 0.15) is 32.6 Å².